The van der Waals surface area contributed by atoms with Crippen LogP contribution in [0.3, 0.4) is 0 Å². The van der Waals surface area contributed by atoms with Gasteiger partial charge in [-0.2, -0.15) is 12.6 Å². The van der Waals surface area contributed by atoms with E-state index in [1.54, 1.807) is 26.2 Å². The Labute approximate surface area is 182 Å². The molecule has 0 saturated carbocycles. The van der Waals surface area contributed by atoms with E-state index in [9.17, 15) is 18.8 Å². The van der Waals surface area contributed by atoms with Gasteiger partial charge in [0.1, 0.15) is 4.88 Å². The first kappa shape index (κ1) is 25.2. The summed E-state index contributed by atoms with van der Waals surface area (Å²) < 4.78 is 22.7. The lowest BCUT2D eigenvalue weighted by Gasteiger charge is -1.95. The third-order valence-electron chi connectivity index (χ3n) is 3.16. The highest BCUT2D eigenvalue weighted by Gasteiger charge is 2.10. The molecule has 3 aromatic rings. The minimum absolute atomic E-state index is 0.0463. The van der Waals surface area contributed by atoms with Crippen LogP contribution < -0.4 is 0 Å². The molecule has 0 bridgehead atoms. The van der Waals surface area contributed by atoms with Gasteiger partial charge in [-0.05, 0) is 37.4 Å². The number of aromatic nitrogens is 2. The second-order valence-corrected chi connectivity index (χ2v) is 6.62. The van der Waals surface area contributed by atoms with Crippen LogP contribution in [-0.2, 0) is 14.3 Å². The predicted octanol–water partition coefficient (Wildman–Crippen LogP) is 3.99. The SMILES string of the molecule is CCOC(=O)CS.CCOC(=O)c1cc2ccncc2s1.O=Cc1ccncc1F. The second-order valence-electron chi connectivity index (χ2n) is 5.22. The Balaban J connectivity index is 0.000000244. The first-order chi connectivity index (χ1) is 14.5. The predicted molar refractivity (Wildman–Crippen MR) is 116 cm³/mol. The fourth-order valence-corrected chi connectivity index (χ4v) is 2.89. The van der Waals surface area contributed by atoms with E-state index >= 15 is 0 Å². The molecule has 3 aromatic heterocycles. The Bertz CT molecular complexity index is 932. The summed E-state index contributed by atoms with van der Waals surface area (Å²) in [5.41, 5.74) is 0.0463. The van der Waals surface area contributed by atoms with Crippen molar-refractivity contribution in [2.24, 2.45) is 0 Å². The Kier molecular flexibility index (Phi) is 11.9. The smallest absolute Gasteiger partial charge is 0.348 e. The first-order valence-electron chi connectivity index (χ1n) is 8.78. The highest BCUT2D eigenvalue weighted by atomic mass is 32.1. The maximum Gasteiger partial charge on any atom is 0.348 e. The number of aldehydes is 1. The minimum Gasteiger partial charge on any atom is -0.465 e. The summed E-state index contributed by atoms with van der Waals surface area (Å²) >= 11 is 5.08. The molecule has 0 aliphatic heterocycles. The minimum atomic E-state index is -0.576. The van der Waals surface area contributed by atoms with E-state index in [2.05, 4.69) is 27.3 Å². The molecule has 3 rings (SSSR count). The molecule has 0 unspecified atom stereocenters. The second kappa shape index (κ2) is 14.2. The average Bonchev–Trinajstić information content (AvgIpc) is 3.20. The molecule has 0 aromatic carbocycles. The van der Waals surface area contributed by atoms with Crippen LogP contribution in [0.5, 0.6) is 0 Å². The van der Waals surface area contributed by atoms with Crippen molar-refractivity contribution in [2.45, 2.75) is 13.8 Å². The van der Waals surface area contributed by atoms with Crippen LogP contribution in [0.4, 0.5) is 4.39 Å². The number of nitrogens with zero attached hydrogens (tertiary/aromatic N) is 2. The van der Waals surface area contributed by atoms with Gasteiger partial charge in [-0.25, -0.2) is 9.18 Å². The van der Waals surface area contributed by atoms with Gasteiger partial charge in [0.05, 0.1) is 35.4 Å². The van der Waals surface area contributed by atoms with Crippen molar-refractivity contribution in [1.29, 1.82) is 0 Å². The van der Waals surface area contributed by atoms with Crippen molar-refractivity contribution in [3.8, 4) is 0 Å². The number of ether oxygens (including phenoxy) is 2. The highest BCUT2D eigenvalue weighted by Crippen LogP contribution is 2.24. The fourth-order valence-electron chi connectivity index (χ4n) is 1.88. The van der Waals surface area contributed by atoms with Crippen LogP contribution in [0.1, 0.15) is 33.9 Å². The maximum atomic E-state index is 12.3. The number of rotatable bonds is 5. The summed E-state index contributed by atoms with van der Waals surface area (Å²) in [6, 6.07) is 5.04. The Morgan fingerprint density at radius 1 is 1.13 bits per heavy atom. The number of hydrogen-bond donors (Lipinski definition) is 1. The van der Waals surface area contributed by atoms with Gasteiger partial charge in [0, 0.05) is 18.6 Å². The van der Waals surface area contributed by atoms with Gasteiger partial charge in [0.2, 0.25) is 0 Å². The highest BCUT2D eigenvalue weighted by molar-refractivity contribution is 7.81. The number of carbonyl (C=O) groups is 3. The molecule has 0 fully saturated rings. The summed E-state index contributed by atoms with van der Waals surface area (Å²) in [4.78, 5) is 39.5. The van der Waals surface area contributed by atoms with Crippen molar-refractivity contribution in [2.75, 3.05) is 19.0 Å². The van der Waals surface area contributed by atoms with Gasteiger partial charge in [-0.3, -0.25) is 19.6 Å². The molecule has 7 nitrogen and oxygen atoms in total. The molecule has 3 heterocycles. The largest absolute Gasteiger partial charge is 0.465 e. The Morgan fingerprint density at radius 3 is 2.30 bits per heavy atom. The van der Waals surface area contributed by atoms with Crippen molar-refractivity contribution in [3.63, 3.8) is 0 Å². The molecule has 30 heavy (non-hydrogen) atoms. The molecule has 0 aliphatic carbocycles. The molecular weight excluding hydrogens is 431 g/mol. The summed E-state index contributed by atoms with van der Waals surface area (Å²) in [6.07, 6.45) is 6.29. The molecule has 0 amide bonds. The van der Waals surface area contributed by atoms with Gasteiger partial charge in [0.25, 0.3) is 0 Å². The first-order valence-corrected chi connectivity index (χ1v) is 10.2. The van der Waals surface area contributed by atoms with Crippen LogP contribution in [0, 0.1) is 5.82 Å². The van der Waals surface area contributed by atoms with Gasteiger partial charge >= 0.3 is 11.9 Å². The molecule has 0 atom stereocenters. The maximum absolute atomic E-state index is 12.3. The number of halogens is 1. The molecule has 0 radical (unpaired) electrons. The lowest BCUT2D eigenvalue weighted by molar-refractivity contribution is -0.139. The zero-order valence-corrected chi connectivity index (χ0v) is 18.1. The number of fused-ring (bicyclic) bond motifs is 1. The molecule has 0 N–H and O–H groups in total. The zero-order valence-electron chi connectivity index (χ0n) is 16.4. The molecule has 0 spiro atoms. The van der Waals surface area contributed by atoms with E-state index in [4.69, 9.17) is 4.74 Å². The lowest BCUT2D eigenvalue weighted by Crippen LogP contribution is -2.03. The number of esters is 2. The van der Waals surface area contributed by atoms with Crippen molar-refractivity contribution < 1.29 is 28.2 Å². The monoisotopic (exact) mass is 452 g/mol. The van der Waals surface area contributed by atoms with E-state index in [-0.39, 0.29) is 23.3 Å². The van der Waals surface area contributed by atoms with Gasteiger partial charge in [-0.15, -0.1) is 11.3 Å². The normalized spacial score (nSPS) is 9.47. The Morgan fingerprint density at radius 2 is 1.80 bits per heavy atom. The van der Waals surface area contributed by atoms with Crippen LogP contribution in [-0.4, -0.2) is 47.2 Å². The molecule has 160 valence electrons. The number of carbonyl (C=O) groups excluding carboxylic acids is 3. The van der Waals surface area contributed by atoms with Crippen LogP contribution in [0.25, 0.3) is 10.1 Å². The molecular formula is C20H21FN2O5S2. The van der Waals surface area contributed by atoms with Crippen molar-refractivity contribution >= 4 is 52.3 Å². The fraction of sp³-hybridized carbons (Fsp3) is 0.250. The quantitative estimate of drug-likeness (QED) is 0.355. The van der Waals surface area contributed by atoms with E-state index in [1.165, 1.54) is 23.6 Å². The number of thiophene rings is 1. The van der Waals surface area contributed by atoms with Crippen molar-refractivity contribution in [1.82, 2.24) is 9.97 Å². The molecule has 10 heteroatoms. The van der Waals surface area contributed by atoms with Crippen LogP contribution in [0.15, 0.2) is 43.0 Å². The summed E-state index contributed by atoms with van der Waals surface area (Å²) in [5.74, 6) is -0.916. The summed E-state index contributed by atoms with van der Waals surface area (Å²) in [5, 5.41) is 1.04. The standard InChI is InChI=1S/C10H9NO2S.C6H4FNO.C4H8O2S/c1-2-13-10(12)8-5-7-3-4-11-6-9(7)14-8;7-6-3-8-2-1-5(6)4-9;1-2-6-4(5)3-7/h3-6H,2H2,1H3;1-4H;7H,2-3H2,1H3. The third-order valence-corrected chi connectivity index (χ3v) is 4.49. The van der Waals surface area contributed by atoms with Crippen LogP contribution >= 0.6 is 24.0 Å². The number of hydrogen-bond acceptors (Lipinski definition) is 9. The average molecular weight is 453 g/mol. The topological polar surface area (TPSA) is 95.5 Å². The summed E-state index contributed by atoms with van der Waals surface area (Å²) in [7, 11) is 0. The molecule has 0 saturated heterocycles. The summed E-state index contributed by atoms with van der Waals surface area (Å²) in [6.45, 7) is 4.42. The zero-order chi connectivity index (χ0) is 22.4. The van der Waals surface area contributed by atoms with Crippen LogP contribution in [0.2, 0.25) is 0 Å². The van der Waals surface area contributed by atoms with E-state index in [0.717, 1.165) is 16.3 Å². The van der Waals surface area contributed by atoms with E-state index in [0.29, 0.717) is 24.4 Å². The number of pyridine rings is 2. The third kappa shape index (κ3) is 8.66. The number of thiol groups is 1. The Hall–Kier alpha value is -2.85. The van der Waals surface area contributed by atoms with Gasteiger partial charge in [-0.1, -0.05) is 0 Å². The van der Waals surface area contributed by atoms with Gasteiger partial charge in [0.15, 0.2) is 12.1 Å². The van der Waals surface area contributed by atoms with Gasteiger partial charge < -0.3 is 9.47 Å². The molecule has 0 aliphatic rings. The van der Waals surface area contributed by atoms with E-state index in [1.807, 2.05) is 12.1 Å². The lowest BCUT2D eigenvalue weighted by atomic mass is 10.3. The van der Waals surface area contributed by atoms with Crippen molar-refractivity contribution in [3.05, 3.63) is 59.2 Å². The van der Waals surface area contributed by atoms with E-state index < -0.39 is 5.82 Å².